The lowest BCUT2D eigenvalue weighted by Crippen LogP contribution is -2.39. The van der Waals surface area contributed by atoms with Gasteiger partial charge in [-0.25, -0.2) is 0 Å². The first-order chi connectivity index (χ1) is 11.9. The summed E-state index contributed by atoms with van der Waals surface area (Å²) in [5, 5.41) is 8.92. The van der Waals surface area contributed by atoms with E-state index < -0.39 is 0 Å². The summed E-state index contributed by atoms with van der Waals surface area (Å²) < 4.78 is 0.751. The zero-order valence-electron chi connectivity index (χ0n) is 14.8. The van der Waals surface area contributed by atoms with E-state index in [9.17, 15) is 4.79 Å². The van der Waals surface area contributed by atoms with Crippen LogP contribution in [-0.2, 0) is 11.3 Å². The van der Waals surface area contributed by atoms with Crippen LogP contribution in [0.25, 0.3) is 0 Å². The lowest BCUT2D eigenvalue weighted by molar-refractivity contribution is -0.119. The second kappa shape index (κ2) is 9.00. The van der Waals surface area contributed by atoms with E-state index in [1.807, 2.05) is 50.1 Å². The Hall–Kier alpha value is -1.87. The van der Waals surface area contributed by atoms with E-state index in [2.05, 4.69) is 12.1 Å². The van der Waals surface area contributed by atoms with Gasteiger partial charge >= 0.3 is 0 Å². The summed E-state index contributed by atoms with van der Waals surface area (Å²) in [6.45, 7) is 5.37. The molecule has 0 atom stereocenters. The van der Waals surface area contributed by atoms with Crippen molar-refractivity contribution in [2.75, 3.05) is 25.0 Å². The molecule has 0 aliphatic heterocycles. The molecule has 0 aliphatic carbocycles. The molecule has 0 saturated carbocycles. The third-order valence-electron chi connectivity index (χ3n) is 3.73. The van der Waals surface area contributed by atoms with Crippen molar-refractivity contribution in [3.05, 3.63) is 50.7 Å². The van der Waals surface area contributed by atoms with Crippen molar-refractivity contribution >= 4 is 34.5 Å². The number of anilines is 1. The number of carbonyl (C=O) groups excluding carboxylic acids is 1. The number of carbonyl (C=O) groups is 1. The number of aryl methyl sites for hydroxylation is 2. The molecule has 0 aliphatic rings. The Labute approximate surface area is 158 Å². The van der Waals surface area contributed by atoms with Gasteiger partial charge in [-0.15, -0.1) is 11.3 Å². The second-order valence-electron chi connectivity index (χ2n) is 6.18. The van der Waals surface area contributed by atoms with Crippen LogP contribution in [0.4, 0.5) is 5.69 Å². The molecule has 2 aromatic rings. The smallest absolute Gasteiger partial charge is 0.241 e. The molecule has 132 valence electrons. The molecule has 25 heavy (non-hydrogen) atoms. The third kappa shape index (κ3) is 5.86. The Morgan fingerprint density at radius 3 is 2.48 bits per heavy atom. The zero-order valence-corrected chi connectivity index (χ0v) is 16.3. The van der Waals surface area contributed by atoms with Crippen LogP contribution < -0.4 is 4.90 Å². The molecule has 0 bridgehead atoms. The number of hydrogen-bond donors (Lipinski definition) is 0. The number of amides is 1. The molecule has 0 spiro atoms. The van der Waals surface area contributed by atoms with Crippen LogP contribution in [0.3, 0.4) is 0 Å². The molecule has 2 rings (SSSR count). The van der Waals surface area contributed by atoms with E-state index >= 15 is 0 Å². The van der Waals surface area contributed by atoms with E-state index in [4.69, 9.17) is 16.9 Å². The van der Waals surface area contributed by atoms with Gasteiger partial charge in [0, 0.05) is 23.7 Å². The predicted molar refractivity (Wildman–Crippen MR) is 104 cm³/mol. The van der Waals surface area contributed by atoms with Gasteiger partial charge in [-0.05, 0) is 56.3 Å². The van der Waals surface area contributed by atoms with E-state index in [0.717, 1.165) is 26.0 Å². The van der Waals surface area contributed by atoms with Crippen LogP contribution >= 0.6 is 22.9 Å². The van der Waals surface area contributed by atoms with Gasteiger partial charge in [-0.2, -0.15) is 5.26 Å². The summed E-state index contributed by atoms with van der Waals surface area (Å²) in [6, 6.07) is 12.0. The van der Waals surface area contributed by atoms with Crippen LogP contribution in [0.5, 0.6) is 0 Å². The lowest BCUT2D eigenvalue weighted by atomic mass is 10.1. The minimum atomic E-state index is -0.00889. The van der Waals surface area contributed by atoms with E-state index in [1.165, 1.54) is 11.3 Å². The first-order valence-electron chi connectivity index (χ1n) is 8.07. The Morgan fingerprint density at radius 1 is 1.24 bits per heavy atom. The molecule has 4 nitrogen and oxygen atoms in total. The molecule has 0 fully saturated rings. The van der Waals surface area contributed by atoms with Gasteiger partial charge in [0.25, 0.3) is 0 Å². The molecule has 0 unspecified atom stereocenters. The average molecular weight is 376 g/mol. The maximum absolute atomic E-state index is 12.8. The molecule has 0 radical (unpaired) electrons. The highest BCUT2D eigenvalue weighted by molar-refractivity contribution is 7.16. The number of benzene rings is 1. The van der Waals surface area contributed by atoms with E-state index in [1.54, 1.807) is 4.90 Å². The lowest BCUT2D eigenvalue weighted by Gasteiger charge is -2.25. The fraction of sp³-hybridized carbons (Fsp3) is 0.368. The summed E-state index contributed by atoms with van der Waals surface area (Å²) in [5.74, 6) is -0.00889. The average Bonchev–Trinajstić information content (AvgIpc) is 2.91. The summed E-state index contributed by atoms with van der Waals surface area (Å²) in [6.07, 6.45) is 0.309. The van der Waals surface area contributed by atoms with Gasteiger partial charge in [0.15, 0.2) is 0 Å². The van der Waals surface area contributed by atoms with Gasteiger partial charge in [0.2, 0.25) is 5.91 Å². The van der Waals surface area contributed by atoms with E-state index in [-0.39, 0.29) is 12.5 Å². The highest BCUT2D eigenvalue weighted by atomic mass is 35.5. The molecule has 1 heterocycles. The fourth-order valence-electron chi connectivity index (χ4n) is 2.74. The fourth-order valence-corrected chi connectivity index (χ4v) is 3.91. The Morgan fingerprint density at radius 2 is 1.92 bits per heavy atom. The maximum atomic E-state index is 12.8. The summed E-state index contributed by atoms with van der Waals surface area (Å²) in [4.78, 5) is 17.6. The van der Waals surface area contributed by atoms with Gasteiger partial charge in [0.05, 0.1) is 23.4 Å². The molecular formula is C19H22ClN3OS. The number of likely N-dealkylation sites (N-methyl/N-ethyl adjacent to an activating group) is 1. The van der Waals surface area contributed by atoms with Crippen molar-refractivity contribution in [1.82, 2.24) is 4.90 Å². The van der Waals surface area contributed by atoms with Gasteiger partial charge in [0.1, 0.15) is 0 Å². The molecule has 1 aromatic carbocycles. The van der Waals surface area contributed by atoms with Crippen LogP contribution in [0.15, 0.2) is 30.3 Å². The van der Waals surface area contributed by atoms with Crippen LogP contribution in [0.2, 0.25) is 4.34 Å². The van der Waals surface area contributed by atoms with Crippen LogP contribution in [0.1, 0.15) is 22.4 Å². The number of hydrogen-bond acceptors (Lipinski definition) is 4. The number of rotatable bonds is 7. The Balaban J connectivity index is 2.10. The van der Waals surface area contributed by atoms with Gasteiger partial charge in [-0.3, -0.25) is 9.69 Å². The third-order valence-corrected chi connectivity index (χ3v) is 4.94. The molecule has 0 N–H and O–H groups in total. The van der Waals surface area contributed by atoms with Crippen molar-refractivity contribution in [2.45, 2.75) is 26.8 Å². The summed E-state index contributed by atoms with van der Waals surface area (Å²) in [5.41, 5.74) is 3.06. The first-order valence-corrected chi connectivity index (χ1v) is 9.27. The number of nitriles is 1. The van der Waals surface area contributed by atoms with Crippen molar-refractivity contribution in [3.8, 4) is 6.07 Å². The van der Waals surface area contributed by atoms with Crippen molar-refractivity contribution < 1.29 is 4.79 Å². The molecule has 6 heteroatoms. The highest BCUT2D eigenvalue weighted by Crippen LogP contribution is 2.23. The minimum Gasteiger partial charge on any atom is -0.310 e. The van der Waals surface area contributed by atoms with Crippen molar-refractivity contribution in [2.24, 2.45) is 0 Å². The molecule has 1 aromatic heterocycles. The normalized spacial score (nSPS) is 10.7. The SMILES string of the molecule is Cc1cc(C)cc(N(CCC#N)C(=O)CN(C)Cc2ccc(Cl)s2)c1. The topological polar surface area (TPSA) is 47.3 Å². The van der Waals surface area contributed by atoms with Gasteiger partial charge in [-0.1, -0.05) is 17.7 Å². The highest BCUT2D eigenvalue weighted by Gasteiger charge is 2.18. The predicted octanol–water partition coefficient (Wildman–Crippen LogP) is 4.40. The first kappa shape index (κ1) is 19.5. The van der Waals surface area contributed by atoms with E-state index in [0.29, 0.717) is 19.5 Å². The minimum absolute atomic E-state index is 0.00889. The van der Waals surface area contributed by atoms with Crippen LogP contribution in [-0.4, -0.2) is 30.9 Å². The monoisotopic (exact) mass is 375 g/mol. The maximum Gasteiger partial charge on any atom is 0.241 e. The standard InChI is InChI=1S/C19H22ClN3OS/c1-14-9-15(2)11-16(10-14)23(8-4-7-21)19(24)13-22(3)12-17-5-6-18(20)25-17/h5-6,9-11H,4,8,12-13H2,1-3H3. The Bertz CT molecular complexity index is 761. The number of halogens is 1. The molecule has 0 saturated heterocycles. The Kier molecular flexibility index (Phi) is 7.01. The van der Waals surface area contributed by atoms with Crippen LogP contribution in [0, 0.1) is 25.2 Å². The van der Waals surface area contributed by atoms with Crippen molar-refractivity contribution in [1.29, 1.82) is 5.26 Å². The second-order valence-corrected chi connectivity index (χ2v) is 7.98. The largest absolute Gasteiger partial charge is 0.310 e. The quantitative estimate of drug-likeness (QED) is 0.720. The number of nitrogens with zero attached hydrogens (tertiary/aromatic N) is 3. The molecular weight excluding hydrogens is 354 g/mol. The summed E-state index contributed by atoms with van der Waals surface area (Å²) >= 11 is 7.48. The van der Waals surface area contributed by atoms with Gasteiger partial charge < -0.3 is 4.90 Å². The number of thiophene rings is 1. The zero-order chi connectivity index (χ0) is 18.4. The molecule has 1 amide bonds. The summed E-state index contributed by atoms with van der Waals surface area (Å²) in [7, 11) is 1.91. The van der Waals surface area contributed by atoms with Crippen molar-refractivity contribution in [3.63, 3.8) is 0 Å².